The fourth-order valence-corrected chi connectivity index (χ4v) is 3.69. The minimum atomic E-state index is 0.438. The Hall–Kier alpha value is -3.84. The Balaban J connectivity index is 1.38. The average molecular weight is 393 g/mol. The summed E-state index contributed by atoms with van der Waals surface area (Å²) < 4.78 is 0. The lowest BCUT2D eigenvalue weighted by Crippen LogP contribution is -2.25. The summed E-state index contributed by atoms with van der Waals surface area (Å²) in [5.74, 6) is 0.438. The van der Waals surface area contributed by atoms with Gasteiger partial charge in [0.15, 0.2) is 0 Å². The minimum Gasteiger partial charge on any atom is -0.370 e. The van der Waals surface area contributed by atoms with Crippen LogP contribution in [0.15, 0.2) is 72.9 Å². The van der Waals surface area contributed by atoms with Gasteiger partial charge in [0.05, 0.1) is 11.6 Å². The number of nitrogens with zero attached hydrogens (tertiary/aromatic N) is 1. The molecule has 0 saturated heterocycles. The maximum atomic E-state index is 8.93. The second-order valence-electron chi connectivity index (χ2n) is 7.60. The molecule has 3 aromatic carbocycles. The predicted molar refractivity (Wildman–Crippen MR) is 122 cm³/mol. The number of rotatable bonds is 6. The summed E-state index contributed by atoms with van der Waals surface area (Å²) in [6, 6.07) is 24.3. The van der Waals surface area contributed by atoms with Crippen LogP contribution in [-0.4, -0.2) is 17.4 Å². The van der Waals surface area contributed by atoms with Crippen LogP contribution in [0.2, 0.25) is 0 Å². The zero-order chi connectivity index (χ0) is 20.9. The van der Waals surface area contributed by atoms with E-state index >= 15 is 0 Å². The van der Waals surface area contributed by atoms with Crippen LogP contribution in [0.1, 0.15) is 33.4 Å². The fourth-order valence-electron chi connectivity index (χ4n) is 3.69. The smallest absolute Gasteiger partial charge is 0.125 e. The van der Waals surface area contributed by atoms with Crippen LogP contribution in [0.3, 0.4) is 0 Å². The Morgan fingerprint density at radius 2 is 1.87 bits per heavy atom. The monoisotopic (exact) mass is 392 g/mol. The van der Waals surface area contributed by atoms with Crippen molar-refractivity contribution in [1.29, 1.82) is 10.7 Å². The number of hydrogen-bond acceptors (Lipinski definition) is 2. The lowest BCUT2D eigenvalue weighted by molar-refractivity contribution is 0.865. The molecule has 0 amide bonds. The van der Waals surface area contributed by atoms with E-state index < -0.39 is 0 Å². The van der Waals surface area contributed by atoms with Gasteiger partial charge in [0.1, 0.15) is 5.84 Å². The highest BCUT2D eigenvalue weighted by molar-refractivity contribution is 5.96. The number of hydrogen-bond donors (Lipinski definition) is 3. The Morgan fingerprint density at radius 3 is 2.67 bits per heavy atom. The first-order valence-corrected chi connectivity index (χ1v) is 10.1. The van der Waals surface area contributed by atoms with E-state index in [1.165, 1.54) is 16.5 Å². The van der Waals surface area contributed by atoms with E-state index in [2.05, 4.69) is 59.8 Å². The van der Waals surface area contributed by atoms with Gasteiger partial charge in [-0.2, -0.15) is 5.26 Å². The predicted octanol–water partition coefficient (Wildman–Crippen LogP) is 5.10. The quantitative estimate of drug-likeness (QED) is 0.315. The van der Waals surface area contributed by atoms with Crippen molar-refractivity contribution in [2.45, 2.75) is 19.8 Å². The fraction of sp³-hybridized carbons (Fsp3) is 0.154. The largest absolute Gasteiger partial charge is 0.370 e. The molecule has 0 aliphatic heterocycles. The van der Waals surface area contributed by atoms with E-state index in [1.807, 2.05) is 36.4 Å². The van der Waals surface area contributed by atoms with Crippen molar-refractivity contribution in [3.63, 3.8) is 0 Å². The van der Waals surface area contributed by atoms with E-state index in [-0.39, 0.29) is 0 Å². The van der Waals surface area contributed by atoms with Crippen molar-refractivity contribution in [2.24, 2.45) is 0 Å². The van der Waals surface area contributed by atoms with E-state index in [0.717, 1.165) is 35.0 Å². The van der Waals surface area contributed by atoms with Crippen molar-refractivity contribution in [3.05, 3.63) is 106 Å². The number of fused-ring (bicyclic) bond motifs is 1. The summed E-state index contributed by atoms with van der Waals surface area (Å²) in [5.41, 5.74) is 7.53. The number of aromatic amines is 1. The molecule has 1 aromatic heterocycles. The number of nitriles is 1. The molecule has 0 radical (unpaired) electrons. The molecule has 0 unspecified atom stereocenters. The number of nitrogens with one attached hydrogen (secondary N) is 3. The highest BCUT2D eigenvalue weighted by atomic mass is 14.9. The summed E-state index contributed by atoms with van der Waals surface area (Å²) in [5, 5.41) is 21.9. The topological polar surface area (TPSA) is 75.5 Å². The molecule has 1 heterocycles. The molecule has 0 bridgehead atoms. The number of H-pyrrole nitrogens is 1. The third-order valence-corrected chi connectivity index (χ3v) is 5.33. The summed E-state index contributed by atoms with van der Waals surface area (Å²) in [6.45, 7) is 2.81. The van der Waals surface area contributed by atoms with Gasteiger partial charge in [-0.15, -0.1) is 0 Å². The normalized spacial score (nSPS) is 10.7. The molecule has 0 atom stereocenters. The maximum absolute atomic E-state index is 8.93. The van der Waals surface area contributed by atoms with Crippen molar-refractivity contribution in [3.8, 4) is 6.07 Å². The Labute approximate surface area is 176 Å². The molecule has 0 aliphatic rings. The summed E-state index contributed by atoms with van der Waals surface area (Å²) in [4.78, 5) is 3.32. The molecule has 3 N–H and O–H groups in total. The van der Waals surface area contributed by atoms with Gasteiger partial charge < -0.3 is 10.3 Å². The lowest BCUT2D eigenvalue weighted by atomic mass is 10.0. The summed E-state index contributed by atoms with van der Waals surface area (Å²) in [6.07, 6.45) is 3.70. The molecule has 4 rings (SSSR count). The van der Waals surface area contributed by atoms with Crippen LogP contribution in [0, 0.1) is 23.7 Å². The van der Waals surface area contributed by atoms with Crippen molar-refractivity contribution < 1.29 is 0 Å². The standard InChI is InChI=1S/C26H24N4/c1-18-5-10-25-24(13-18)23(17-30-25)11-12-29-26(28)22-4-2-3-21(15-22)14-19-6-8-20(16-27)9-7-19/h2-10,13,15,17,30H,11-12,14H2,1H3,(H2,28,29). The van der Waals surface area contributed by atoms with E-state index in [4.69, 9.17) is 10.7 Å². The van der Waals surface area contributed by atoms with E-state index in [9.17, 15) is 0 Å². The van der Waals surface area contributed by atoms with Gasteiger partial charge in [-0.25, -0.2) is 0 Å². The van der Waals surface area contributed by atoms with Crippen LogP contribution in [0.25, 0.3) is 10.9 Å². The van der Waals surface area contributed by atoms with Crippen LogP contribution in [0.5, 0.6) is 0 Å². The Morgan fingerprint density at radius 1 is 1.03 bits per heavy atom. The maximum Gasteiger partial charge on any atom is 0.125 e. The molecule has 4 aromatic rings. The van der Waals surface area contributed by atoms with Gasteiger partial charge in [0.2, 0.25) is 0 Å². The summed E-state index contributed by atoms with van der Waals surface area (Å²) >= 11 is 0. The van der Waals surface area contributed by atoms with Crippen molar-refractivity contribution in [2.75, 3.05) is 6.54 Å². The highest BCUT2D eigenvalue weighted by Gasteiger charge is 2.06. The van der Waals surface area contributed by atoms with Crippen molar-refractivity contribution >= 4 is 16.7 Å². The molecule has 30 heavy (non-hydrogen) atoms. The molecular weight excluding hydrogens is 368 g/mol. The molecule has 0 fully saturated rings. The van der Waals surface area contributed by atoms with Gasteiger partial charge >= 0.3 is 0 Å². The van der Waals surface area contributed by atoms with Crippen LogP contribution < -0.4 is 5.32 Å². The SMILES string of the molecule is Cc1ccc2[nH]cc(CCNC(=N)c3cccc(Cc4ccc(C#N)cc4)c3)c2c1. The number of amidine groups is 1. The third kappa shape index (κ3) is 4.42. The molecular formula is C26H24N4. The van der Waals surface area contributed by atoms with Crippen LogP contribution in [-0.2, 0) is 12.8 Å². The second-order valence-corrected chi connectivity index (χ2v) is 7.60. The third-order valence-electron chi connectivity index (χ3n) is 5.33. The minimum absolute atomic E-state index is 0.438. The van der Waals surface area contributed by atoms with Crippen LogP contribution >= 0.6 is 0 Å². The number of aryl methyl sites for hydroxylation is 1. The number of benzene rings is 3. The average Bonchev–Trinajstić information content (AvgIpc) is 3.16. The highest BCUT2D eigenvalue weighted by Crippen LogP contribution is 2.20. The Bertz CT molecular complexity index is 1230. The molecule has 4 nitrogen and oxygen atoms in total. The molecule has 4 heteroatoms. The zero-order valence-electron chi connectivity index (χ0n) is 17.0. The van der Waals surface area contributed by atoms with Gasteiger partial charge in [-0.3, -0.25) is 5.41 Å². The van der Waals surface area contributed by atoms with Crippen LogP contribution in [0.4, 0.5) is 0 Å². The van der Waals surface area contributed by atoms with Crippen molar-refractivity contribution in [1.82, 2.24) is 10.3 Å². The second kappa shape index (κ2) is 8.67. The Kier molecular flexibility index (Phi) is 5.63. The van der Waals surface area contributed by atoms with Gasteiger partial charge in [-0.1, -0.05) is 42.0 Å². The van der Waals surface area contributed by atoms with E-state index in [0.29, 0.717) is 17.9 Å². The molecule has 0 aliphatic carbocycles. The lowest BCUT2D eigenvalue weighted by Gasteiger charge is -2.10. The summed E-state index contributed by atoms with van der Waals surface area (Å²) in [7, 11) is 0. The molecule has 0 spiro atoms. The first-order chi connectivity index (χ1) is 14.6. The zero-order valence-corrected chi connectivity index (χ0v) is 17.0. The van der Waals surface area contributed by atoms with Gasteiger partial charge in [-0.05, 0) is 66.8 Å². The first-order valence-electron chi connectivity index (χ1n) is 10.1. The van der Waals surface area contributed by atoms with Gasteiger partial charge in [0, 0.05) is 29.2 Å². The van der Waals surface area contributed by atoms with Gasteiger partial charge in [0.25, 0.3) is 0 Å². The number of aromatic nitrogens is 1. The van der Waals surface area contributed by atoms with E-state index in [1.54, 1.807) is 0 Å². The molecule has 0 saturated carbocycles. The first kappa shape index (κ1) is 19.5. The molecule has 148 valence electrons.